The van der Waals surface area contributed by atoms with Crippen molar-refractivity contribution >= 4 is 23.1 Å². The third-order valence-corrected chi connectivity index (χ3v) is 3.55. The first-order chi connectivity index (χ1) is 13.6. The van der Waals surface area contributed by atoms with Gasteiger partial charge in [-0.2, -0.15) is 0 Å². The molecule has 3 rings (SSSR count). The quantitative estimate of drug-likeness (QED) is 0.618. The van der Waals surface area contributed by atoms with E-state index in [2.05, 4.69) is 15.6 Å². The maximum atomic E-state index is 13.6. The summed E-state index contributed by atoms with van der Waals surface area (Å²) in [5.74, 6) is -1.49. The van der Waals surface area contributed by atoms with Crippen LogP contribution in [-0.2, 0) is 0 Å². The molecule has 3 aromatic rings. The molecule has 7 heteroatoms. The Hall–Kier alpha value is -3.48. The highest BCUT2D eigenvalue weighted by molar-refractivity contribution is 6.04. The number of rotatable bonds is 5. The number of halogens is 2. The molecule has 0 saturated heterocycles. The van der Waals surface area contributed by atoms with Gasteiger partial charge in [0.1, 0.15) is 28.8 Å². The van der Waals surface area contributed by atoms with E-state index in [9.17, 15) is 13.6 Å². The van der Waals surface area contributed by atoms with E-state index in [1.807, 2.05) is 32.0 Å². The van der Waals surface area contributed by atoms with E-state index >= 15 is 0 Å². The molecule has 1 aromatic heterocycles. The van der Waals surface area contributed by atoms with Crippen LogP contribution in [-0.4, -0.2) is 18.0 Å². The molecule has 0 radical (unpaired) electrons. The molecular weight excluding hydrogens is 364 g/mol. The third kappa shape index (κ3) is 5.26. The maximum absolute atomic E-state index is 13.6. The Bertz CT molecular complexity index is 911. The Morgan fingerprint density at radius 3 is 2.25 bits per heavy atom. The Morgan fingerprint density at radius 1 is 0.964 bits per heavy atom. The smallest absolute Gasteiger partial charge is 0.261 e. The normalized spacial score (nSPS) is 9.75. The van der Waals surface area contributed by atoms with Gasteiger partial charge in [0, 0.05) is 11.8 Å². The van der Waals surface area contributed by atoms with Crippen molar-refractivity contribution in [2.45, 2.75) is 13.8 Å². The van der Waals surface area contributed by atoms with Crippen molar-refractivity contribution in [1.82, 2.24) is 4.98 Å². The van der Waals surface area contributed by atoms with Crippen molar-refractivity contribution in [2.24, 2.45) is 0 Å². The van der Waals surface area contributed by atoms with E-state index in [0.717, 1.165) is 17.8 Å². The van der Waals surface area contributed by atoms with Crippen molar-refractivity contribution in [1.29, 1.82) is 0 Å². The Kier molecular flexibility index (Phi) is 7.45. The number of ether oxygens (including phenoxy) is 1. The molecule has 0 unspecified atom stereocenters. The van der Waals surface area contributed by atoms with E-state index in [1.165, 1.54) is 12.3 Å². The summed E-state index contributed by atoms with van der Waals surface area (Å²) in [7, 11) is 1.58. The average Bonchev–Trinajstić information content (AvgIpc) is 2.71. The second-order valence-corrected chi connectivity index (χ2v) is 5.34. The fraction of sp³-hybridized carbons (Fsp3) is 0.143. The summed E-state index contributed by atoms with van der Waals surface area (Å²) >= 11 is 0. The number of carbonyl (C=O) groups excluding carboxylic acids is 1. The van der Waals surface area contributed by atoms with Gasteiger partial charge < -0.3 is 15.4 Å². The molecule has 0 atom stereocenters. The van der Waals surface area contributed by atoms with Gasteiger partial charge in [0.2, 0.25) is 0 Å². The van der Waals surface area contributed by atoms with Gasteiger partial charge in [0.25, 0.3) is 5.91 Å². The third-order valence-electron chi connectivity index (χ3n) is 3.55. The predicted molar refractivity (Wildman–Crippen MR) is 106 cm³/mol. The van der Waals surface area contributed by atoms with Crippen LogP contribution in [0.4, 0.5) is 26.0 Å². The summed E-state index contributed by atoms with van der Waals surface area (Å²) in [4.78, 5) is 16.2. The minimum absolute atomic E-state index is 0.314. The van der Waals surface area contributed by atoms with Gasteiger partial charge in [0.15, 0.2) is 0 Å². The van der Waals surface area contributed by atoms with Crippen LogP contribution < -0.4 is 15.4 Å². The van der Waals surface area contributed by atoms with Crippen LogP contribution in [0, 0.1) is 11.6 Å². The predicted octanol–water partition coefficient (Wildman–Crippen LogP) is 5.39. The Balaban J connectivity index is 0.00000136. The molecule has 2 aromatic carbocycles. The molecule has 28 heavy (non-hydrogen) atoms. The Labute approximate surface area is 162 Å². The van der Waals surface area contributed by atoms with Crippen molar-refractivity contribution in [3.8, 4) is 5.75 Å². The number of aromatic nitrogens is 1. The number of amides is 1. The fourth-order valence-corrected chi connectivity index (χ4v) is 2.30. The zero-order valence-electron chi connectivity index (χ0n) is 15.8. The highest BCUT2D eigenvalue weighted by Gasteiger charge is 2.17. The van der Waals surface area contributed by atoms with E-state index in [-0.39, 0.29) is 0 Å². The highest BCUT2D eigenvalue weighted by Crippen LogP contribution is 2.21. The van der Waals surface area contributed by atoms with Gasteiger partial charge in [0.05, 0.1) is 19.0 Å². The lowest BCUT2D eigenvalue weighted by Crippen LogP contribution is -2.16. The van der Waals surface area contributed by atoms with Crippen molar-refractivity contribution in [2.75, 3.05) is 17.7 Å². The van der Waals surface area contributed by atoms with Crippen LogP contribution in [0.1, 0.15) is 24.2 Å². The summed E-state index contributed by atoms with van der Waals surface area (Å²) < 4.78 is 32.4. The fourth-order valence-electron chi connectivity index (χ4n) is 2.30. The van der Waals surface area contributed by atoms with Crippen LogP contribution in [0.25, 0.3) is 0 Å². The molecule has 0 saturated carbocycles. The number of anilines is 3. The van der Waals surface area contributed by atoms with Crippen molar-refractivity contribution < 1.29 is 18.3 Å². The zero-order chi connectivity index (χ0) is 20.5. The second kappa shape index (κ2) is 10.0. The van der Waals surface area contributed by atoms with Gasteiger partial charge >= 0.3 is 0 Å². The molecule has 0 spiro atoms. The number of hydrogen-bond donors (Lipinski definition) is 2. The minimum Gasteiger partial charge on any atom is -0.497 e. The van der Waals surface area contributed by atoms with Gasteiger partial charge in [-0.3, -0.25) is 4.79 Å². The average molecular weight is 385 g/mol. The summed E-state index contributed by atoms with van der Waals surface area (Å²) in [5, 5.41) is 5.51. The van der Waals surface area contributed by atoms with Crippen LogP contribution in [0.3, 0.4) is 0 Å². The first kappa shape index (κ1) is 20.8. The molecule has 1 amide bonds. The minimum atomic E-state index is -0.924. The largest absolute Gasteiger partial charge is 0.497 e. The standard InChI is InChI=1S/C19H15F2N3O2.C2H6/c1-26-14-5-2-4-12(10-14)23-17-9-8-13(11-22-17)24-19(25)18-15(20)6-3-7-16(18)21;1-2/h2-11H,1H3,(H,22,23)(H,24,25);1-2H3. The summed E-state index contributed by atoms with van der Waals surface area (Å²) in [6.45, 7) is 4.00. The number of pyridine rings is 1. The first-order valence-corrected chi connectivity index (χ1v) is 8.69. The molecule has 0 aliphatic rings. The van der Waals surface area contributed by atoms with E-state index in [1.54, 1.807) is 25.3 Å². The Morgan fingerprint density at radius 2 is 1.64 bits per heavy atom. The van der Waals surface area contributed by atoms with Gasteiger partial charge in [-0.1, -0.05) is 26.0 Å². The van der Waals surface area contributed by atoms with Crippen LogP contribution in [0.5, 0.6) is 5.75 Å². The monoisotopic (exact) mass is 385 g/mol. The van der Waals surface area contributed by atoms with Gasteiger partial charge in [-0.25, -0.2) is 13.8 Å². The summed E-state index contributed by atoms with van der Waals surface area (Å²) in [6, 6.07) is 13.8. The lowest BCUT2D eigenvalue weighted by atomic mass is 10.2. The van der Waals surface area contributed by atoms with E-state index in [4.69, 9.17) is 4.74 Å². The lowest BCUT2D eigenvalue weighted by molar-refractivity contribution is 0.101. The van der Waals surface area contributed by atoms with E-state index in [0.29, 0.717) is 17.3 Å². The molecule has 0 fully saturated rings. The van der Waals surface area contributed by atoms with Crippen LogP contribution in [0.15, 0.2) is 60.8 Å². The zero-order valence-corrected chi connectivity index (χ0v) is 15.8. The number of nitrogens with zero attached hydrogens (tertiary/aromatic N) is 1. The summed E-state index contributed by atoms with van der Waals surface area (Å²) in [5.41, 5.74) is 0.460. The lowest BCUT2D eigenvalue weighted by Gasteiger charge is -2.09. The van der Waals surface area contributed by atoms with Gasteiger partial charge in [-0.05, 0) is 36.4 Å². The number of hydrogen-bond acceptors (Lipinski definition) is 4. The molecule has 5 nitrogen and oxygen atoms in total. The number of benzene rings is 2. The molecule has 146 valence electrons. The second-order valence-electron chi connectivity index (χ2n) is 5.34. The first-order valence-electron chi connectivity index (χ1n) is 8.69. The number of nitrogens with one attached hydrogen (secondary N) is 2. The number of carbonyl (C=O) groups is 1. The maximum Gasteiger partial charge on any atom is 0.261 e. The molecule has 0 bridgehead atoms. The summed E-state index contributed by atoms with van der Waals surface area (Å²) in [6.07, 6.45) is 1.39. The highest BCUT2D eigenvalue weighted by atomic mass is 19.1. The SMILES string of the molecule is CC.COc1cccc(Nc2ccc(NC(=O)c3c(F)cccc3F)cn2)c1. The molecule has 1 heterocycles. The van der Waals surface area contributed by atoms with Gasteiger partial charge in [-0.15, -0.1) is 0 Å². The van der Waals surface area contributed by atoms with Crippen LogP contribution >= 0.6 is 0 Å². The van der Waals surface area contributed by atoms with E-state index < -0.39 is 23.1 Å². The van der Waals surface area contributed by atoms with Crippen molar-refractivity contribution in [3.05, 3.63) is 78.0 Å². The molecule has 0 aliphatic carbocycles. The molecular formula is C21H21F2N3O2. The molecule has 0 aliphatic heterocycles. The number of methoxy groups -OCH3 is 1. The topological polar surface area (TPSA) is 63.2 Å². The van der Waals surface area contributed by atoms with Crippen LogP contribution in [0.2, 0.25) is 0 Å². The molecule has 2 N–H and O–H groups in total. The van der Waals surface area contributed by atoms with Crippen molar-refractivity contribution in [3.63, 3.8) is 0 Å².